The number of hydrogen-bond acceptors (Lipinski definition) is 2. The van der Waals surface area contributed by atoms with Gasteiger partial charge in [0.15, 0.2) is 0 Å². The Hall–Kier alpha value is -2.62. The van der Waals surface area contributed by atoms with E-state index in [2.05, 4.69) is 5.32 Å². The Bertz CT molecular complexity index is 837. The summed E-state index contributed by atoms with van der Waals surface area (Å²) < 4.78 is 0. The molecular formula is C21H18ClNO2. The Labute approximate surface area is 151 Å². The summed E-state index contributed by atoms with van der Waals surface area (Å²) in [6.07, 6.45) is -0.880. The first kappa shape index (κ1) is 17.2. The molecule has 0 saturated heterocycles. The minimum absolute atomic E-state index is 0.325. The quantitative estimate of drug-likeness (QED) is 0.708. The monoisotopic (exact) mass is 351 g/mol. The molecule has 0 fully saturated rings. The molecule has 2 atom stereocenters. The van der Waals surface area contributed by atoms with Crippen LogP contribution in [0.4, 0.5) is 0 Å². The third-order valence-corrected chi connectivity index (χ3v) is 4.35. The minimum atomic E-state index is -0.880. The van der Waals surface area contributed by atoms with Gasteiger partial charge in [-0.3, -0.25) is 4.79 Å². The summed E-state index contributed by atoms with van der Waals surface area (Å²) in [7, 11) is 0. The van der Waals surface area contributed by atoms with Crippen molar-refractivity contribution < 1.29 is 9.90 Å². The molecule has 2 unspecified atom stereocenters. The summed E-state index contributed by atoms with van der Waals surface area (Å²) in [5.41, 5.74) is 1.93. The fourth-order valence-electron chi connectivity index (χ4n) is 2.71. The molecule has 2 N–H and O–H groups in total. The van der Waals surface area contributed by atoms with Crippen LogP contribution in [-0.2, 0) is 0 Å². The third kappa shape index (κ3) is 4.08. The van der Waals surface area contributed by atoms with Gasteiger partial charge >= 0.3 is 0 Å². The highest BCUT2D eigenvalue weighted by Crippen LogP contribution is 2.29. The SMILES string of the molecule is O=C(NC(c1ccccc1)C(O)c1ccccc1)c1ccccc1Cl. The van der Waals surface area contributed by atoms with E-state index in [1.807, 2.05) is 60.7 Å². The van der Waals surface area contributed by atoms with Crippen LogP contribution in [-0.4, -0.2) is 11.0 Å². The first-order valence-electron chi connectivity index (χ1n) is 8.00. The maximum atomic E-state index is 12.7. The number of aliphatic hydroxyl groups excluding tert-OH is 1. The van der Waals surface area contributed by atoms with Crippen molar-refractivity contribution >= 4 is 17.5 Å². The van der Waals surface area contributed by atoms with Crippen LogP contribution >= 0.6 is 11.6 Å². The highest BCUT2D eigenvalue weighted by molar-refractivity contribution is 6.33. The average Bonchev–Trinajstić information content (AvgIpc) is 2.67. The summed E-state index contributed by atoms with van der Waals surface area (Å²) in [6.45, 7) is 0. The van der Waals surface area contributed by atoms with Crippen LogP contribution in [0.1, 0.15) is 33.6 Å². The molecule has 0 aromatic heterocycles. The van der Waals surface area contributed by atoms with E-state index >= 15 is 0 Å². The highest BCUT2D eigenvalue weighted by Gasteiger charge is 2.25. The number of amides is 1. The van der Waals surface area contributed by atoms with Gasteiger partial charge in [-0.2, -0.15) is 0 Å². The van der Waals surface area contributed by atoms with Gasteiger partial charge in [0.2, 0.25) is 0 Å². The summed E-state index contributed by atoms with van der Waals surface area (Å²) >= 11 is 6.12. The average molecular weight is 352 g/mol. The van der Waals surface area contributed by atoms with E-state index in [0.29, 0.717) is 10.6 Å². The molecule has 0 heterocycles. The van der Waals surface area contributed by atoms with Gasteiger partial charge in [0, 0.05) is 0 Å². The summed E-state index contributed by atoms with van der Waals surface area (Å²) in [4.78, 5) is 12.7. The molecule has 0 aliphatic carbocycles. The molecule has 3 nitrogen and oxygen atoms in total. The minimum Gasteiger partial charge on any atom is -0.386 e. The van der Waals surface area contributed by atoms with E-state index in [9.17, 15) is 9.90 Å². The Morgan fingerprint density at radius 3 is 1.92 bits per heavy atom. The van der Waals surface area contributed by atoms with E-state index in [-0.39, 0.29) is 5.91 Å². The lowest BCUT2D eigenvalue weighted by Crippen LogP contribution is -2.32. The molecule has 0 aliphatic rings. The number of carbonyl (C=O) groups is 1. The zero-order chi connectivity index (χ0) is 17.6. The van der Waals surface area contributed by atoms with Gasteiger partial charge < -0.3 is 10.4 Å². The Morgan fingerprint density at radius 1 is 0.800 bits per heavy atom. The van der Waals surface area contributed by atoms with Crippen LogP contribution in [0.2, 0.25) is 5.02 Å². The van der Waals surface area contributed by atoms with Gasteiger partial charge in [0.05, 0.1) is 16.6 Å². The Morgan fingerprint density at radius 2 is 1.32 bits per heavy atom. The normalized spacial score (nSPS) is 13.0. The van der Waals surface area contributed by atoms with Crippen LogP contribution in [0, 0.1) is 0 Å². The molecule has 1 amide bonds. The lowest BCUT2D eigenvalue weighted by atomic mass is 9.95. The lowest BCUT2D eigenvalue weighted by Gasteiger charge is -2.25. The largest absolute Gasteiger partial charge is 0.386 e. The molecule has 4 heteroatoms. The predicted octanol–water partition coefficient (Wildman–Crippen LogP) is 4.54. The summed E-state index contributed by atoms with van der Waals surface area (Å²) in [5.74, 6) is -0.325. The zero-order valence-electron chi connectivity index (χ0n) is 13.5. The standard InChI is InChI=1S/C21H18ClNO2/c22-18-14-8-7-13-17(18)21(25)23-19(15-9-3-1-4-10-15)20(24)16-11-5-2-6-12-16/h1-14,19-20,24H,(H,23,25). The highest BCUT2D eigenvalue weighted by atomic mass is 35.5. The first-order chi connectivity index (χ1) is 12.2. The first-order valence-corrected chi connectivity index (χ1v) is 8.38. The van der Waals surface area contributed by atoms with E-state index in [1.165, 1.54) is 0 Å². The molecule has 0 spiro atoms. The maximum Gasteiger partial charge on any atom is 0.253 e. The molecule has 3 aromatic rings. The van der Waals surface area contributed by atoms with Crippen molar-refractivity contribution in [3.8, 4) is 0 Å². The zero-order valence-corrected chi connectivity index (χ0v) is 14.2. The van der Waals surface area contributed by atoms with Gasteiger partial charge in [-0.1, -0.05) is 84.4 Å². The second kappa shape index (κ2) is 7.97. The van der Waals surface area contributed by atoms with Crippen molar-refractivity contribution in [1.29, 1.82) is 0 Å². The van der Waals surface area contributed by atoms with Gasteiger partial charge in [-0.05, 0) is 23.3 Å². The van der Waals surface area contributed by atoms with Crippen LogP contribution in [0.3, 0.4) is 0 Å². The molecule has 0 bridgehead atoms. The Balaban J connectivity index is 1.92. The molecule has 0 saturated carbocycles. The van der Waals surface area contributed by atoms with Crippen molar-refractivity contribution in [2.75, 3.05) is 0 Å². The molecule has 3 rings (SSSR count). The number of hydrogen-bond donors (Lipinski definition) is 2. The smallest absolute Gasteiger partial charge is 0.253 e. The van der Waals surface area contributed by atoms with Crippen molar-refractivity contribution in [1.82, 2.24) is 5.32 Å². The third-order valence-electron chi connectivity index (χ3n) is 4.02. The van der Waals surface area contributed by atoms with E-state index in [4.69, 9.17) is 11.6 Å². The fourth-order valence-corrected chi connectivity index (χ4v) is 2.93. The molecular weight excluding hydrogens is 334 g/mol. The van der Waals surface area contributed by atoms with Gasteiger partial charge in [0.25, 0.3) is 5.91 Å². The van der Waals surface area contributed by atoms with Crippen molar-refractivity contribution in [2.24, 2.45) is 0 Å². The van der Waals surface area contributed by atoms with Gasteiger partial charge in [0.1, 0.15) is 6.10 Å². The maximum absolute atomic E-state index is 12.7. The second-order valence-corrected chi connectivity index (χ2v) is 6.10. The number of carbonyl (C=O) groups excluding carboxylic acids is 1. The van der Waals surface area contributed by atoms with Crippen LogP contribution < -0.4 is 5.32 Å². The van der Waals surface area contributed by atoms with E-state index in [0.717, 1.165) is 11.1 Å². The number of nitrogens with one attached hydrogen (secondary N) is 1. The molecule has 0 aliphatic heterocycles. The Kier molecular flexibility index (Phi) is 5.49. The topological polar surface area (TPSA) is 49.3 Å². The lowest BCUT2D eigenvalue weighted by molar-refractivity contribution is 0.0831. The van der Waals surface area contributed by atoms with Crippen molar-refractivity contribution in [3.63, 3.8) is 0 Å². The van der Waals surface area contributed by atoms with Gasteiger partial charge in [-0.25, -0.2) is 0 Å². The summed E-state index contributed by atoms with van der Waals surface area (Å²) in [5, 5.41) is 14.1. The molecule has 0 radical (unpaired) electrons. The number of benzene rings is 3. The fraction of sp³-hybridized carbons (Fsp3) is 0.0952. The van der Waals surface area contributed by atoms with Crippen LogP contribution in [0.25, 0.3) is 0 Å². The van der Waals surface area contributed by atoms with Crippen molar-refractivity contribution in [2.45, 2.75) is 12.1 Å². The second-order valence-electron chi connectivity index (χ2n) is 5.70. The molecule has 126 valence electrons. The molecule has 3 aromatic carbocycles. The van der Waals surface area contributed by atoms with Crippen LogP contribution in [0.15, 0.2) is 84.9 Å². The van der Waals surface area contributed by atoms with Crippen LogP contribution in [0.5, 0.6) is 0 Å². The van der Waals surface area contributed by atoms with Gasteiger partial charge in [-0.15, -0.1) is 0 Å². The van der Waals surface area contributed by atoms with Crippen molar-refractivity contribution in [3.05, 3.63) is 107 Å². The predicted molar refractivity (Wildman–Crippen MR) is 99.5 cm³/mol. The number of halogens is 1. The molecule has 25 heavy (non-hydrogen) atoms. The van der Waals surface area contributed by atoms with E-state index in [1.54, 1.807) is 24.3 Å². The number of aliphatic hydroxyl groups is 1. The van der Waals surface area contributed by atoms with E-state index < -0.39 is 12.1 Å². The number of rotatable bonds is 5. The summed E-state index contributed by atoms with van der Waals surface area (Å²) in [6, 6.07) is 24.9.